The maximum absolute atomic E-state index is 13.2. The number of methoxy groups -OCH3 is 1. The highest BCUT2D eigenvalue weighted by molar-refractivity contribution is 7.15. The van der Waals surface area contributed by atoms with E-state index in [0.29, 0.717) is 66.4 Å². The molecule has 9 nitrogen and oxygen atoms in total. The van der Waals surface area contributed by atoms with Crippen molar-refractivity contribution in [3.05, 3.63) is 50.2 Å². The number of nitrogens with zero attached hydrogens (tertiary/aromatic N) is 3. The first-order valence-electron chi connectivity index (χ1n) is 12.3. The van der Waals surface area contributed by atoms with Gasteiger partial charge in [0.2, 0.25) is 5.91 Å². The Morgan fingerprint density at radius 3 is 2.76 bits per heavy atom. The number of hydrogen-bond donors (Lipinski definition) is 1. The molecule has 0 bridgehead atoms. The van der Waals surface area contributed by atoms with Gasteiger partial charge in [0.15, 0.2) is 0 Å². The van der Waals surface area contributed by atoms with Crippen LogP contribution < -0.4 is 15.2 Å². The Balaban J connectivity index is 1.44. The molecule has 0 atom stereocenters. The largest absolute Gasteiger partial charge is 0.492 e. The summed E-state index contributed by atoms with van der Waals surface area (Å²) in [6, 6.07) is 7.42. The minimum Gasteiger partial charge on any atom is -0.492 e. The van der Waals surface area contributed by atoms with E-state index in [0.717, 1.165) is 34.9 Å². The van der Waals surface area contributed by atoms with Crippen molar-refractivity contribution in [1.29, 1.82) is 0 Å². The highest BCUT2D eigenvalue weighted by Gasteiger charge is 2.25. The molecule has 0 radical (unpaired) electrons. The zero-order valence-corrected chi connectivity index (χ0v) is 22.4. The minimum atomic E-state index is -0.242. The molecule has 0 spiro atoms. The SMILES string of the molecule is CCOc1cc(Cl)c(-c2ccc(-c3nc4c(s3)CN(C(=O)COC)CC4)c(=O)[nH]2)cc1N1CCOCC1. The van der Waals surface area contributed by atoms with Crippen LogP contribution in [0.1, 0.15) is 17.5 Å². The topological polar surface area (TPSA) is 97.0 Å². The van der Waals surface area contributed by atoms with Crippen LogP contribution in [-0.2, 0) is 27.2 Å². The number of rotatable bonds is 7. The molecule has 1 saturated heterocycles. The quantitative estimate of drug-likeness (QED) is 0.485. The molecule has 3 aromatic rings. The first-order valence-corrected chi connectivity index (χ1v) is 13.5. The number of anilines is 1. The number of H-pyrrole nitrogens is 1. The van der Waals surface area contributed by atoms with Crippen molar-refractivity contribution >= 4 is 34.5 Å². The summed E-state index contributed by atoms with van der Waals surface area (Å²) in [5.74, 6) is 0.664. The molecule has 0 unspecified atom stereocenters. The Kier molecular flexibility index (Phi) is 7.80. The second kappa shape index (κ2) is 11.2. The molecule has 0 aliphatic carbocycles. The number of ether oxygens (including phenoxy) is 3. The van der Waals surface area contributed by atoms with Crippen LogP contribution >= 0.6 is 22.9 Å². The monoisotopic (exact) mass is 544 g/mol. The summed E-state index contributed by atoms with van der Waals surface area (Å²) in [7, 11) is 1.51. The number of pyridine rings is 1. The van der Waals surface area contributed by atoms with E-state index in [1.54, 1.807) is 11.0 Å². The number of halogens is 1. The molecule has 1 N–H and O–H groups in total. The van der Waals surface area contributed by atoms with Crippen molar-refractivity contribution in [2.75, 3.05) is 58.1 Å². The molecule has 196 valence electrons. The first-order chi connectivity index (χ1) is 18.0. The van der Waals surface area contributed by atoms with E-state index in [4.69, 9.17) is 30.8 Å². The third kappa shape index (κ3) is 5.38. The molecule has 1 aromatic carbocycles. The van der Waals surface area contributed by atoms with Crippen LogP contribution in [0, 0.1) is 0 Å². The van der Waals surface area contributed by atoms with Crippen molar-refractivity contribution in [2.45, 2.75) is 19.9 Å². The molecule has 1 amide bonds. The van der Waals surface area contributed by atoms with Gasteiger partial charge in [-0.25, -0.2) is 4.98 Å². The van der Waals surface area contributed by atoms with Gasteiger partial charge in [0.05, 0.1) is 48.3 Å². The van der Waals surface area contributed by atoms with E-state index >= 15 is 0 Å². The second-order valence-corrected chi connectivity index (χ2v) is 10.3. The summed E-state index contributed by atoms with van der Waals surface area (Å²) in [5.41, 5.74) is 3.46. The highest BCUT2D eigenvalue weighted by atomic mass is 35.5. The Morgan fingerprint density at radius 1 is 1.22 bits per heavy atom. The lowest BCUT2D eigenvalue weighted by Crippen LogP contribution is -2.37. The lowest BCUT2D eigenvalue weighted by Gasteiger charge is -2.30. The molecule has 11 heteroatoms. The number of carbonyl (C=O) groups is 1. The highest BCUT2D eigenvalue weighted by Crippen LogP contribution is 2.39. The fourth-order valence-electron chi connectivity index (χ4n) is 4.61. The molecule has 4 heterocycles. The Morgan fingerprint density at radius 2 is 2.03 bits per heavy atom. The number of morpholine rings is 1. The number of nitrogens with one attached hydrogen (secondary N) is 1. The van der Waals surface area contributed by atoms with Gasteiger partial charge in [0.1, 0.15) is 17.4 Å². The molecule has 2 aliphatic heterocycles. The maximum atomic E-state index is 13.2. The Labute approximate surface area is 223 Å². The van der Waals surface area contributed by atoms with Crippen LogP contribution in [0.4, 0.5) is 5.69 Å². The van der Waals surface area contributed by atoms with Crippen molar-refractivity contribution in [3.63, 3.8) is 0 Å². The summed E-state index contributed by atoms with van der Waals surface area (Å²) in [6.07, 6.45) is 0.656. The van der Waals surface area contributed by atoms with Crippen LogP contribution in [0.2, 0.25) is 5.02 Å². The Bertz CT molecular complexity index is 1350. The lowest BCUT2D eigenvalue weighted by atomic mass is 10.1. The number of fused-ring (bicyclic) bond motifs is 1. The predicted octanol–water partition coefficient (Wildman–Crippen LogP) is 3.59. The molecule has 0 saturated carbocycles. The van der Waals surface area contributed by atoms with Crippen molar-refractivity contribution in [1.82, 2.24) is 14.9 Å². The molecule has 2 aromatic heterocycles. The van der Waals surface area contributed by atoms with E-state index in [2.05, 4.69) is 9.88 Å². The van der Waals surface area contributed by atoms with Crippen LogP contribution in [-0.4, -0.2) is 73.9 Å². The molecule has 5 rings (SSSR count). The van der Waals surface area contributed by atoms with Gasteiger partial charge in [-0.05, 0) is 25.1 Å². The van der Waals surface area contributed by atoms with Gasteiger partial charge < -0.3 is 29.0 Å². The van der Waals surface area contributed by atoms with Gasteiger partial charge in [-0.15, -0.1) is 11.3 Å². The number of aromatic amines is 1. The zero-order valence-electron chi connectivity index (χ0n) is 20.8. The molecule has 2 aliphatic rings. The number of hydrogen-bond acceptors (Lipinski definition) is 8. The molecular weight excluding hydrogens is 516 g/mol. The lowest BCUT2D eigenvalue weighted by molar-refractivity contribution is -0.136. The molecular formula is C26H29ClN4O5S. The third-order valence-electron chi connectivity index (χ3n) is 6.48. The van der Waals surface area contributed by atoms with Gasteiger partial charge in [-0.3, -0.25) is 9.59 Å². The number of amides is 1. The van der Waals surface area contributed by atoms with Crippen LogP contribution in [0.25, 0.3) is 21.8 Å². The summed E-state index contributed by atoms with van der Waals surface area (Å²) in [6.45, 7) is 6.38. The smallest absolute Gasteiger partial charge is 0.258 e. The summed E-state index contributed by atoms with van der Waals surface area (Å²) >= 11 is 8.10. The van der Waals surface area contributed by atoms with Crippen LogP contribution in [0.15, 0.2) is 29.1 Å². The van der Waals surface area contributed by atoms with Crippen molar-refractivity contribution in [3.8, 4) is 27.6 Å². The number of thiazole rings is 1. The number of carbonyl (C=O) groups excluding carboxylic acids is 1. The van der Waals surface area contributed by atoms with E-state index in [9.17, 15) is 9.59 Å². The van der Waals surface area contributed by atoms with Gasteiger partial charge in [0.25, 0.3) is 5.56 Å². The minimum absolute atomic E-state index is 0.0472. The third-order valence-corrected chi connectivity index (χ3v) is 7.91. The summed E-state index contributed by atoms with van der Waals surface area (Å²) in [5, 5.41) is 1.14. The van der Waals surface area contributed by atoms with Gasteiger partial charge in [0, 0.05) is 55.4 Å². The van der Waals surface area contributed by atoms with Crippen LogP contribution in [0.3, 0.4) is 0 Å². The second-order valence-electron chi connectivity index (χ2n) is 8.83. The van der Waals surface area contributed by atoms with E-state index in [-0.39, 0.29) is 18.1 Å². The zero-order chi connectivity index (χ0) is 25.9. The maximum Gasteiger partial charge on any atom is 0.258 e. The van der Waals surface area contributed by atoms with Crippen molar-refractivity contribution < 1.29 is 19.0 Å². The van der Waals surface area contributed by atoms with Gasteiger partial charge in [-0.1, -0.05) is 11.6 Å². The van der Waals surface area contributed by atoms with E-state index in [1.165, 1.54) is 18.4 Å². The average molecular weight is 545 g/mol. The van der Waals surface area contributed by atoms with Gasteiger partial charge in [-0.2, -0.15) is 0 Å². The van der Waals surface area contributed by atoms with Crippen LogP contribution in [0.5, 0.6) is 5.75 Å². The van der Waals surface area contributed by atoms with E-state index in [1.807, 2.05) is 25.1 Å². The molecule has 1 fully saturated rings. The average Bonchev–Trinajstić information content (AvgIpc) is 3.33. The fraction of sp³-hybridized carbons (Fsp3) is 0.423. The molecule has 37 heavy (non-hydrogen) atoms. The Hall–Kier alpha value is -2.92. The van der Waals surface area contributed by atoms with Gasteiger partial charge >= 0.3 is 0 Å². The number of aromatic nitrogens is 2. The number of benzene rings is 1. The summed E-state index contributed by atoms with van der Waals surface area (Å²) < 4.78 is 16.3. The first kappa shape index (κ1) is 25.7. The summed E-state index contributed by atoms with van der Waals surface area (Å²) in [4.78, 5) is 38.1. The fourth-order valence-corrected chi connectivity index (χ4v) is 6.01. The normalized spacial score (nSPS) is 15.5. The van der Waals surface area contributed by atoms with E-state index < -0.39 is 0 Å². The predicted molar refractivity (Wildman–Crippen MR) is 144 cm³/mol. The standard InChI is InChI=1S/C26H29ClN4O5S/c1-3-36-22-13-18(27)17(12-21(22)30-8-10-35-11-9-30)19-5-4-16(25(33)28-19)26-29-20-6-7-31(14-23(20)37-26)24(32)15-34-2/h4-5,12-13H,3,6-11,14-15H2,1-2H3,(H,28,33). The van der Waals surface area contributed by atoms with Crippen molar-refractivity contribution in [2.24, 2.45) is 0 Å².